The molecule has 0 amide bonds. The number of nitrogens with one attached hydrogen (secondary N) is 1. The lowest BCUT2D eigenvalue weighted by molar-refractivity contribution is 0.0697. The quantitative estimate of drug-likeness (QED) is 0.821. The van der Waals surface area contributed by atoms with Gasteiger partial charge in [-0.05, 0) is 36.5 Å². The van der Waals surface area contributed by atoms with Crippen LogP contribution in [0.25, 0.3) is 0 Å². The first-order valence-corrected chi connectivity index (χ1v) is 5.56. The van der Waals surface area contributed by atoms with Crippen LogP contribution in [-0.2, 0) is 0 Å². The molecule has 0 aliphatic heterocycles. The Morgan fingerprint density at radius 3 is 2.69 bits per heavy atom. The number of anilines is 1. The van der Waals surface area contributed by atoms with Crippen molar-refractivity contribution in [1.29, 1.82) is 0 Å². The van der Waals surface area contributed by atoms with Crippen molar-refractivity contribution in [1.82, 2.24) is 0 Å². The minimum absolute atomic E-state index is 0.337. The van der Waals surface area contributed by atoms with Gasteiger partial charge in [0.1, 0.15) is 0 Å². The number of carboxylic acid groups (broad SMARTS) is 1. The number of hydrogen-bond donors (Lipinski definition) is 2. The van der Waals surface area contributed by atoms with Crippen molar-refractivity contribution in [2.24, 2.45) is 5.41 Å². The van der Waals surface area contributed by atoms with Gasteiger partial charge in [0.2, 0.25) is 0 Å². The predicted octanol–water partition coefficient (Wildman–Crippen LogP) is 2.99. The van der Waals surface area contributed by atoms with Gasteiger partial charge in [-0.15, -0.1) is 0 Å². The van der Waals surface area contributed by atoms with E-state index in [0.29, 0.717) is 17.0 Å². The van der Waals surface area contributed by atoms with Crippen LogP contribution in [0.2, 0.25) is 0 Å². The van der Waals surface area contributed by atoms with Crippen LogP contribution in [0.5, 0.6) is 0 Å². The summed E-state index contributed by atoms with van der Waals surface area (Å²) in [6.45, 7) is 4.50. The molecule has 3 heteroatoms. The zero-order chi connectivity index (χ0) is 11.8. The van der Waals surface area contributed by atoms with E-state index in [2.05, 4.69) is 19.2 Å². The topological polar surface area (TPSA) is 49.3 Å². The van der Waals surface area contributed by atoms with Crippen LogP contribution in [-0.4, -0.2) is 17.1 Å². The zero-order valence-electron chi connectivity index (χ0n) is 9.66. The standard InChI is InChI=1S/C13H17NO2/c1-13(2)7-11(8-13)14-10-5-3-4-9(6-10)12(15)16/h3-6,11,14H,7-8H2,1-2H3,(H,15,16). The van der Waals surface area contributed by atoms with Crippen LogP contribution in [0, 0.1) is 5.41 Å². The first-order chi connectivity index (χ1) is 7.46. The molecule has 0 aromatic heterocycles. The van der Waals surface area contributed by atoms with Crippen molar-refractivity contribution in [3.05, 3.63) is 29.8 Å². The summed E-state index contributed by atoms with van der Waals surface area (Å²) in [5.74, 6) is -0.877. The number of carboxylic acids is 1. The average Bonchev–Trinajstić information content (AvgIpc) is 2.15. The highest BCUT2D eigenvalue weighted by molar-refractivity contribution is 5.88. The van der Waals surface area contributed by atoms with Gasteiger partial charge in [0.05, 0.1) is 5.56 Å². The molecule has 0 heterocycles. The van der Waals surface area contributed by atoms with Gasteiger partial charge in [0.15, 0.2) is 0 Å². The third kappa shape index (κ3) is 2.35. The van der Waals surface area contributed by atoms with E-state index in [1.165, 1.54) is 0 Å². The fourth-order valence-corrected chi connectivity index (χ4v) is 2.35. The van der Waals surface area contributed by atoms with Crippen LogP contribution in [0.15, 0.2) is 24.3 Å². The molecule has 1 aliphatic rings. The molecule has 1 fully saturated rings. The maximum Gasteiger partial charge on any atom is 0.335 e. The van der Waals surface area contributed by atoms with E-state index in [9.17, 15) is 4.79 Å². The van der Waals surface area contributed by atoms with E-state index in [1.807, 2.05) is 6.07 Å². The van der Waals surface area contributed by atoms with E-state index >= 15 is 0 Å². The summed E-state index contributed by atoms with van der Waals surface area (Å²) in [6, 6.07) is 7.47. The van der Waals surface area contributed by atoms with Crippen molar-refractivity contribution in [2.45, 2.75) is 32.7 Å². The highest BCUT2D eigenvalue weighted by Crippen LogP contribution is 2.41. The molecule has 1 aliphatic carbocycles. The summed E-state index contributed by atoms with van der Waals surface area (Å²) in [7, 11) is 0. The van der Waals surface area contributed by atoms with Crippen molar-refractivity contribution < 1.29 is 9.90 Å². The van der Waals surface area contributed by atoms with Gasteiger partial charge in [-0.3, -0.25) is 0 Å². The van der Waals surface area contributed by atoms with Crippen LogP contribution < -0.4 is 5.32 Å². The fraction of sp³-hybridized carbons (Fsp3) is 0.462. The molecular formula is C13H17NO2. The van der Waals surface area contributed by atoms with E-state index in [4.69, 9.17) is 5.11 Å². The van der Waals surface area contributed by atoms with Crippen LogP contribution in [0.4, 0.5) is 5.69 Å². The molecule has 0 spiro atoms. The number of benzene rings is 1. The molecule has 0 atom stereocenters. The van der Waals surface area contributed by atoms with Gasteiger partial charge in [-0.2, -0.15) is 0 Å². The molecule has 0 bridgehead atoms. The van der Waals surface area contributed by atoms with Crippen LogP contribution in [0.1, 0.15) is 37.0 Å². The van der Waals surface area contributed by atoms with E-state index in [0.717, 1.165) is 18.5 Å². The van der Waals surface area contributed by atoms with Gasteiger partial charge >= 0.3 is 5.97 Å². The van der Waals surface area contributed by atoms with Gasteiger partial charge in [0, 0.05) is 11.7 Å². The lowest BCUT2D eigenvalue weighted by Crippen LogP contribution is -2.41. The second kappa shape index (κ2) is 3.81. The lowest BCUT2D eigenvalue weighted by atomic mass is 9.68. The lowest BCUT2D eigenvalue weighted by Gasteiger charge is -2.43. The first kappa shape index (κ1) is 11.0. The molecule has 86 valence electrons. The fourth-order valence-electron chi connectivity index (χ4n) is 2.35. The second-order valence-corrected chi connectivity index (χ2v) is 5.30. The summed E-state index contributed by atoms with van der Waals surface area (Å²) >= 11 is 0. The number of carbonyl (C=O) groups is 1. The maximum absolute atomic E-state index is 10.8. The summed E-state index contributed by atoms with van der Waals surface area (Å²) < 4.78 is 0. The minimum Gasteiger partial charge on any atom is -0.478 e. The monoisotopic (exact) mass is 219 g/mol. The molecular weight excluding hydrogens is 202 g/mol. The SMILES string of the molecule is CC1(C)CC(Nc2cccc(C(=O)O)c2)C1. The molecule has 1 aromatic carbocycles. The Balaban J connectivity index is 2.00. The Morgan fingerprint density at radius 1 is 1.44 bits per heavy atom. The second-order valence-electron chi connectivity index (χ2n) is 5.30. The number of rotatable bonds is 3. The Morgan fingerprint density at radius 2 is 2.12 bits per heavy atom. The van der Waals surface area contributed by atoms with Crippen molar-refractivity contribution in [3.63, 3.8) is 0 Å². The molecule has 0 unspecified atom stereocenters. The third-order valence-electron chi connectivity index (χ3n) is 3.08. The molecule has 1 aromatic rings. The van der Waals surface area contributed by atoms with Gasteiger partial charge in [-0.1, -0.05) is 19.9 Å². The Labute approximate surface area is 95.5 Å². The number of aromatic carboxylic acids is 1. The largest absolute Gasteiger partial charge is 0.478 e. The third-order valence-corrected chi connectivity index (χ3v) is 3.08. The van der Waals surface area contributed by atoms with Crippen molar-refractivity contribution in [3.8, 4) is 0 Å². The Bertz CT molecular complexity index is 404. The highest BCUT2D eigenvalue weighted by Gasteiger charge is 2.35. The minimum atomic E-state index is -0.877. The molecule has 3 nitrogen and oxygen atoms in total. The summed E-state index contributed by atoms with van der Waals surface area (Å²) in [5, 5.41) is 12.2. The predicted molar refractivity (Wildman–Crippen MR) is 63.8 cm³/mol. The summed E-state index contributed by atoms with van der Waals surface area (Å²) in [6.07, 6.45) is 2.29. The van der Waals surface area contributed by atoms with Crippen molar-refractivity contribution >= 4 is 11.7 Å². The first-order valence-electron chi connectivity index (χ1n) is 5.56. The molecule has 0 radical (unpaired) electrons. The van der Waals surface area contributed by atoms with E-state index < -0.39 is 5.97 Å². The highest BCUT2D eigenvalue weighted by atomic mass is 16.4. The zero-order valence-corrected chi connectivity index (χ0v) is 9.66. The van der Waals surface area contributed by atoms with Gasteiger partial charge < -0.3 is 10.4 Å². The molecule has 16 heavy (non-hydrogen) atoms. The van der Waals surface area contributed by atoms with Gasteiger partial charge in [0.25, 0.3) is 0 Å². The maximum atomic E-state index is 10.8. The molecule has 0 saturated heterocycles. The molecule has 2 N–H and O–H groups in total. The smallest absolute Gasteiger partial charge is 0.335 e. The number of hydrogen-bond acceptors (Lipinski definition) is 2. The van der Waals surface area contributed by atoms with Gasteiger partial charge in [-0.25, -0.2) is 4.79 Å². The Hall–Kier alpha value is -1.51. The van der Waals surface area contributed by atoms with E-state index in [-0.39, 0.29) is 0 Å². The summed E-state index contributed by atoms with van der Waals surface area (Å²) in [4.78, 5) is 10.8. The van der Waals surface area contributed by atoms with Crippen molar-refractivity contribution in [2.75, 3.05) is 5.32 Å². The van der Waals surface area contributed by atoms with Crippen LogP contribution >= 0.6 is 0 Å². The molecule has 1 saturated carbocycles. The summed E-state index contributed by atoms with van der Waals surface area (Å²) in [5.41, 5.74) is 1.67. The molecule has 2 rings (SSSR count). The normalized spacial score (nSPS) is 18.9. The van der Waals surface area contributed by atoms with E-state index in [1.54, 1.807) is 18.2 Å². The average molecular weight is 219 g/mol. The Kier molecular flexibility index (Phi) is 2.62. The van der Waals surface area contributed by atoms with Crippen LogP contribution in [0.3, 0.4) is 0 Å².